The Morgan fingerprint density at radius 3 is 2.57 bits per heavy atom. The quantitative estimate of drug-likeness (QED) is 0.857. The molecule has 0 amide bonds. The number of piperidine rings is 1. The molecule has 0 radical (unpaired) electrons. The molecule has 0 spiro atoms. The van der Waals surface area contributed by atoms with E-state index in [0.29, 0.717) is 0 Å². The molecule has 2 aliphatic rings. The minimum atomic E-state index is 0. The highest BCUT2D eigenvalue weighted by molar-refractivity contribution is 6.01. The number of rotatable bonds is 4. The fraction of sp³-hybridized carbons (Fsp3) is 0.562. The van der Waals surface area contributed by atoms with E-state index in [1.165, 1.54) is 32.4 Å². The second kappa shape index (κ2) is 7.66. The molecule has 1 unspecified atom stereocenters. The van der Waals surface area contributed by atoms with E-state index >= 15 is 0 Å². The van der Waals surface area contributed by atoms with Gasteiger partial charge in [0.15, 0.2) is 0 Å². The fourth-order valence-corrected chi connectivity index (χ4v) is 2.91. The Kier molecular flexibility index (Phi) is 5.88. The Morgan fingerprint density at radius 2 is 1.90 bits per heavy atom. The van der Waals surface area contributed by atoms with Crippen LogP contribution in [0.4, 0.5) is 0 Å². The molecular weight excluding hydrogens is 288 g/mol. The SMILES string of the molecule is COc1ccc(C2=NOC(CN3CCCCC3)C2)cc1.Cl. The van der Waals surface area contributed by atoms with Crippen molar-refractivity contribution in [2.45, 2.75) is 31.8 Å². The second-order valence-electron chi connectivity index (χ2n) is 5.56. The van der Waals surface area contributed by atoms with Crippen LogP contribution in [-0.2, 0) is 4.84 Å². The zero-order valence-electron chi connectivity index (χ0n) is 12.5. The molecule has 116 valence electrons. The fourth-order valence-electron chi connectivity index (χ4n) is 2.91. The maximum atomic E-state index is 5.59. The molecule has 1 atom stereocenters. The van der Waals surface area contributed by atoms with Gasteiger partial charge in [0.05, 0.1) is 12.8 Å². The summed E-state index contributed by atoms with van der Waals surface area (Å²) >= 11 is 0. The molecule has 21 heavy (non-hydrogen) atoms. The summed E-state index contributed by atoms with van der Waals surface area (Å²) in [5.74, 6) is 0.873. The Hall–Kier alpha value is -1.26. The number of oxime groups is 1. The Balaban J connectivity index is 0.00000161. The third kappa shape index (κ3) is 4.11. The van der Waals surface area contributed by atoms with E-state index in [4.69, 9.17) is 9.57 Å². The first kappa shape index (κ1) is 16.1. The van der Waals surface area contributed by atoms with E-state index in [0.717, 1.165) is 30.0 Å². The first-order chi connectivity index (χ1) is 9.85. The Bertz CT molecular complexity index is 470. The molecule has 1 saturated heterocycles. The first-order valence-corrected chi connectivity index (χ1v) is 7.44. The van der Waals surface area contributed by atoms with Crippen molar-refractivity contribution in [2.75, 3.05) is 26.7 Å². The molecule has 0 bridgehead atoms. The van der Waals surface area contributed by atoms with Crippen molar-refractivity contribution in [2.24, 2.45) is 5.16 Å². The third-order valence-electron chi connectivity index (χ3n) is 4.07. The second-order valence-corrected chi connectivity index (χ2v) is 5.56. The van der Waals surface area contributed by atoms with E-state index in [1.54, 1.807) is 7.11 Å². The van der Waals surface area contributed by atoms with Crippen molar-refractivity contribution in [1.82, 2.24) is 4.90 Å². The van der Waals surface area contributed by atoms with E-state index in [1.807, 2.05) is 24.3 Å². The van der Waals surface area contributed by atoms with Crippen LogP contribution in [0.25, 0.3) is 0 Å². The number of hydrogen-bond acceptors (Lipinski definition) is 4. The highest BCUT2D eigenvalue weighted by Crippen LogP contribution is 2.21. The standard InChI is InChI=1S/C16H22N2O2.ClH/c1-19-14-7-5-13(6-8-14)16-11-15(20-17-16)12-18-9-3-2-4-10-18;/h5-8,15H,2-4,9-12H2,1H3;1H. The molecular formula is C16H23ClN2O2. The van der Waals surface area contributed by atoms with Gasteiger partial charge in [-0.3, -0.25) is 4.90 Å². The molecule has 3 rings (SSSR count). The number of hydrogen-bond donors (Lipinski definition) is 0. The summed E-state index contributed by atoms with van der Waals surface area (Å²) in [6.07, 6.45) is 5.13. The number of likely N-dealkylation sites (tertiary alicyclic amines) is 1. The van der Waals surface area contributed by atoms with E-state index in [-0.39, 0.29) is 18.5 Å². The van der Waals surface area contributed by atoms with Crippen molar-refractivity contribution in [3.05, 3.63) is 29.8 Å². The lowest BCUT2D eigenvalue weighted by Gasteiger charge is -2.27. The summed E-state index contributed by atoms with van der Waals surface area (Å²) in [5.41, 5.74) is 2.18. The lowest BCUT2D eigenvalue weighted by Crippen LogP contribution is -2.36. The van der Waals surface area contributed by atoms with Crippen LogP contribution < -0.4 is 4.74 Å². The smallest absolute Gasteiger partial charge is 0.145 e. The van der Waals surface area contributed by atoms with Crippen molar-refractivity contribution in [3.63, 3.8) is 0 Å². The first-order valence-electron chi connectivity index (χ1n) is 7.44. The summed E-state index contributed by atoms with van der Waals surface area (Å²) < 4.78 is 5.18. The normalized spacial score (nSPS) is 22.1. The number of benzene rings is 1. The lowest BCUT2D eigenvalue weighted by atomic mass is 10.0. The van der Waals surface area contributed by atoms with Crippen molar-refractivity contribution in [3.8, 4) is 5.75 Å². The van der Waals surface area contributed by atoms with Gasteiger partial charge in [0.2, 0.25) is 0 Å². The molecule has 1 fully saturated rings. The predicted octanol–water partition coefficient (Wildman–Crippen LogP) is 3.10. The molecule has 4 nitrogen and oxygen atoms in total. The van der Waals surface area contributed by atoms with Crippen LogP contribution in [0.15, 0.2) is 29.4 Å². The summed E-state index contributed by atoms with van der Waals surface area (Å²) in [4.78, 5) is 8.09. The topological polar surface area (TPSA) is 34.1 Å². The van der Waals surface area contributed by atoms with Crippen LogP contribution in [0.1, 0.15) is 31.2 Å². The largest absolute Gasteiger partial charge is 0.497 e. The summed E-state index contributed by atoms with van der Waals surface area (Å²) in [7, 11) is 1.68. The minimum absolute atomic E-state index is 0. The van der Waals surface area contributed by atoms with Gasteiger partial charge >= 0.3 is 0 Å². The average Bonchev–Trinajstić information content (AvgIpc) is 2.97. The molecule has 2 heterocycles. The van der Waals surface area contributed by atoms with Gasteiger partial charge in [-0.25, -0.2) is 0 Å². The number of methoxy groups -OCH3 is 1. The summed E-state index contributed by atoms with van der Waals surface area (Å²) in [6, 6.07) is 8.03. The number of halogens is 1. The van der Waals surface area contributed by atoms with E-state index in [9.17, 15) is 0 Å². The van der Waals surface area contributed by atoms with Gasteiger partial charge in [0.25, 0.3) is 0 Å². The maximum absolute atomic E-state index is 5.59. The molecule has 0 aromatic heterocycles. The van der Waals surface area contributed by atoms with Gasteiger partial charge in [-0.2, -0.15) is 0 Å². The van der Waals surface area contributed by atoms with E-state index in [2.05, 4.69) is 10.1 Å². The maximum Gasteiger partial charge on any atom is 0.145 e. The average molecular weight is 311 g/mol. The van der Waals surface area contributed by atoms with Crippen LogP contribution in [0.5, 0.6) is 5.75 Å². The summed E-state index contributed by atoms with van der Waals surface area (Å²) in [5, 5.41) is 4.26. The Labute approximate surface area is 132 Å². The van der Waals surface area contributed by atoms with Gasteiger partial charge in [0.1, 0.15) is 11.9 Å². The molecule has 2 aliphatic heterocycles. The molecule has 1 aromatic rings. The van der Waals surface area contributed by atoms with Crippen LogP contribution >= 0.6 is 12.4 Å². The van der Waals surface area contributed by atoms with Crippen molar-refractivity contribution < 1.29 is 9.57 Å². The number of ether oxygens (including phenoxy) is 1. The van der Waals surface area contributed by atoms with Gasteiger partial charge in [-0.05, 0) is 55.8 Å². The monoisotopic (exact) mass is 310 g/mol. The van der Waals surface area contributed by atoms with Crippen LogP contribution in [0.2, 0.25) is 0 Å². The van der Waals surface area contributed by atoms with Crippen LogP contribution in [-0.4, -0.2) is 43.5 Å². The Morgan fingerprint density at radius 1 is 1.19 bits per heavy atom. The molecule has 0 saturated carbocycles. The number of nitrogens with zero attached hydrogens (tertiary/aromatic N) is 2. The zero-order chi connectivity index (χ0) is 13.8. The van der Waals surface area contributed by atoms with Crippen LogP contribution in [0.3, 0.4) is 0 Å². The van der Waals surface area contributed by atoms with Gasteiger partial charge < -0.3 is 9.57 Å². The van der Waals surface area contributed by atoms with Gasteiger partial charge in [-0.1, -0.05) is 11.6 Å². The van der Waals surface area contributed by atoms with Crippen LogP contribution in [0, 0.1) is 0 Å². The minimum Gasteiger partial charge on any atom is -0.497 e. The molecule has 0 N–H and O–H groups in total. The highest BCUT2D eigenvalue weighted by Gasteiger charge is 2.25. The molecule has 1 aromatic carbocycles. The van der Waals surface area contributed by atoms with E-state index < -0.39 is 0 Å². The third-order valence-corrected chi connectivity index (χ3v) is 4.07. The zero-order valence-corrected chi connectivity index (χ0v) is 13.3. The lowest BCUT2D eigenvalue weighted by molar-refractivity contribution is 0.0473. The van der Waals surface area contributed by atoms with Gasteiger partial charge in [-0.15, -0.1) is 12.4 Å². The summed E-state index contributed by atoms with van der Waals surface area (Å²) in [6.45, 7) is 3.42. The highest BCUT2D eigenvalue weighted by atomic mass is 35.5. The molecule has 5 heteroatoms. The van der Waals surface area contributed by atoms with Crippen molar-refractivity contribution >= 4 is 18.1 Å². The predicted molar refractivity (Wildman–Crippen MR) is 86.6 cm³/mol. The molecule has 0 aliphatic carbocycles. The van der Waals surface area contributed by atoms with Crippen molar-refractivity contribution in [1.29, 1.82) is 0 Å². The van der Waals surface area contributed by atoms with Gasteiger partial charge in [0, 0.05) is 13.0 Å².